The number of para-hydroxylation sites is 1. The zero-order chi connectivity index (χ0) is 29.4. The van der Waals surface area contributed by atoms with Crippen molar-refractivity contribution in [1.82, 2.24) is 30.0 Å². The number of nitriles is 1. The van der Waals surface area contributed by atoms with Gasteiger partial charge in [0.05, 0.1) is 17.2 Å². The lowest BCUT2D eigenvalue weighted by Gasteiger charge is -2.35. The van der Waals surface area contributed by atoms with E-state index in [1.807, 2.05) is 56.3 Å². The maximum absolute atomic E-state index is 14.4. The Labute approximate surface area is 244 Å². The van der Waals surface area contributed by atoms with E-state index in [2.05, 4.69) is 32.9 Å². The maximum atomic E-state index is 14.4. The Kier molecular flexibility index (Phi) is 7.22. The predicted octanol–water partition coefficient (Wildman–Crippen LogP) is 3.26. The summed E-state index contributed by atoms with van der Waals surface area (Å²) in [6.45, 7) is 4.43. The van der Waals surface area contributed by atoms with Crippen LogP contribution in [-0.4, -0.2) is 72.9 Å². The van der Waals surface area contributed by atoms with Gasteiger partial charge in [0.1, 0.15) is 12.1 Å². The summed E-state index contributed by atoms with van der Waals surface area (Å²) in [6, 6.07) is 15.9. The molecule has 11 heteroatoms. The Morgan fingerprint density at radius 3 is 2.71 bits per heavy atom. The van der Waals surface area contributed by atoms with Gasteiger partial charge < -0.3 is 15.1 Å². The van der Waals surface area contributed by atoms with Crippen LogP contribution >= 0.6 is 0 Å². The number of carbonyl (C=O) groups excluding carboxylic acids is 3. The van der Waals surface area contributed by atoms with Crippen molar-refractivity contribution in [2.75, 3.05) is 18.4 Å². The van der Waals surface area contributed by atoms with Gasteiger partial charge in [-0.25, -0.2) is 0 Å². The van der Waals surface area contributed by atoms with E-state index in [0.29, 0.717) is 25.1 Å². The first-order chi connectivity index (χ1) is 20.3. The SMILES string of the molecule is CC(C)C[C@H]1C(=O)N2C[C@]3(C[C@H]2C#N)C(=O)Nc2ccc(cc23)CCCCCN1C(=O)c1nnn(-c2ccccc2)n1. The molecule has 3 amide bonds. The second-order valence-electron chi connectivity index (χ2n) is 11.9. The van der Waals surface area contributed by atoms with Crippen LogP contribution in [0, 0.1) is 17.2 Å². The molecule has 1 spiro atoms. The number of amides is 3. The third-order valence-corrected chi connectivity index (χ3v) is 8.65. The summed E-state index contributed by atoms with van der Waals surface area (Å²) in [7, 11) is 0. The summed E-state index contributed by atoms with van der Waals surface area (Å²) >= 11 is 0. The summed E-state index contributed by atoms with van der Waals surface area (Å²) in [5.74, 6) is -1.00. The molecule has 11 nitrogen and oxygen atoms in total. The number of hydrogen-bond donors (Lipinski definition) is 1. The first kappa shape index (κ1) is 27.6. The van der Waals surface area contributed by atoms with Crippen LogP contribution in [0.3, 0.4) is 0 Å². The number of rotatable bonds is 4. The first-order valence-corrected chi connectivity index (χ1v) is 14.6. The molecule has 0 aliphatic carbocycles. The molecule has 4 heterocycles. The smallest absolute Gasteiger partial charge is 0.296 e. The van der Waals surface area contributed by atoms with Gasteiger partial charge in [-0.15, -0.1) is 15.0 Å². The summed E-state index contributed by atoms with van der Waals surface area (Å²) in [4.78, 5) is 46.3. The zero-order valence-electron chi connectivity index (χ0n) is 23.9. The van der Waals surface area contributed by atoms with E-state index in [0.717, 1.165) is 36.1 Å². The molecule has 4 bridgehead atoms. The van der Waals surface area contributed by atoms with Gasteiger partial charge >= 0.3 is 0 Å². The summed E-state index contributed by atoms with van der Waals surface area (Å²) in [6.07, 6.45) is 3.88. The van der Waals surface area contributed by atoms with E-state index in [1.54, 1.807) is 4.90 Å². The normalized spacial score (nSPS) is 24.0. The van der Waals surface area contributed by atoms with Gasteiger partial charge in [-0.1, -0.05) is 50.6 Å². The standard InChI is InChI=1S/C31H34N8O3/c1-20(2)15-26-28(40)38-19-31(17-23(38)18-32)24-16-21(12-13-25(24)33-30(31)42)9-5-4-8-14-37(26)29(41)27-34-36-39(35-27)22-10-6-3-7-11-22/h3,6-7,10-13,16,20,23,26H,4-5,8-9,14-15,17,19H2,1-2H3,(H,33,42)/t23-,26-,31-/m0/s1. The number of carbonyl (C=O) groups is 3. The van der Waals surface area contributed by atoms with Crippen LogP contribution < -0.4 is 5.32 Å². The molecule has 3 aliphatic heterocycles. The molecule has 2 aromatic carbocycles. The van der Waals surface area contributed by atoms with Crippen LogP contribution in [0.5, 0.6) is 0 Å². The molecule has 1 fully saturated rings. The van der Waals surface area contributed by atoms with E-state index in [4.69, 9.17) is 0 Å². The first-order valence-electron chi connectivity index (χ1n) is 14.6. The predicted molar refractivity (Wildman–Crippen MR) is 153 cm³/mol. The maximum Gasteiger partial charge on any atom is 0.296 e. The number of aryl methyl sites for hydroxylation is 1. The molecule has 3 aliphatic rings. The Morgan fingerprint density at radius 2 is 1.95 bits per heavy atom. The van der Waals surface area contributed by atoms with Gasteiger partial charge in [0.2, 0.25) is 11.8 Å². The minimum atomic E-state index is -0.997. The molecule has 42 heavy (non-hydrogen) atoms. The van der Waals surface area contributed by atoms with E-state index in [9.17, 15) is 19.6 Å². The zero-order valence-corrected chi connectivity index (χ0v) is 23.9. The molecular formula is C31H34N8O3. The highest BCUT2D eigenvalue weighted by molar-refractivity contribution is 6.07. The molecule has 3 atom stereocenters. The molecule has 0 unspecified atom stereocenters. The third-order valence-electron chi connectivity index (χ3n) is 8.65. The minimum Gasteiger partial charge on any atom is -0.325 e. The number of anilines is 1. The number of hydrogen-bond acceptors (Lipinski definition) is 7. The van der Waals surface area contributed by atoms with Crippen molar-refractivity contribution in [3.63, 3.8) is 0 Å². The van der Waals surface area contributed by atoms with Gasteiger partial charge in [-0.05, 0) is 66.1 Å². The lowest BCUT2D eigenvalue weighted by molar-refractivity contribution is -0.137. The van der Waals surface area contributed by atoms with E-state index < -0.39 is 23.4 Å². The lowest BCUT2D eigenvalue weighted by Crippen LogP contribution is -2.53. The van der Waals surface area contributed by atoms with Crippen LogP contribution in [-0.2, 0) is 21.4 Å². The number of aromatic nitrogens is 4. The quantitative estimate of drug-likeness (QED) is 0.512. The molecule has 216 valence electrons. The highest BCUT2D eigenvalue weighted by atomic mass is 16.2. The Bertz CT molecular complexity index is 1560. The average molecular weight is 567 g/mol. The number of fused-ring (bicyclic) bond motifs is 2. The molecule has 0 radical (unpaired) electrons. The second kappa shape index (κ2) is 11.0. The van der Waals surface area contributed by atoms with Crippen molar-refractivity contribution in [2.24, 2.45) is 5.92 Å². The van der Waals surface area contributed by atoms with Crippen molar-refractivity contribution in [3.05, 3.63) is 65.5 Å². The van der Waals surface area contributed by atoms with Crippen LogP contribution in [0.4, 0.5) is 5.69 Å². The lowest BCUT2D eigenvalue weighted by atomic mass is 9.79. The van der Waals surface area contributed by atoms with Gasteiger partial charge in [-0.2, -0.15) is 5.26 Å². The second-order valence-corrected chi connectivity index (χ2v) is 11.9. The number of nitrogens with zero attached hydrogens (tertiary/aromatic N) is 7. The van der Waals surface area contributed by atoms with Crippen LogP contribution in [0.2, 0.25) is 0 Å². The summed E-state index contributed by atoms with van der Waals surface area (Å²) < 4.78 is 0. The van der Waals surface area contributed by atoms with Crippen LogP contribution in [0.15, 0.2) is 48.5 Å². The highest BCUT2D eigenvalue weighted by Gasteiger charge is 2.57. The molecule has 1 saturated heterocycles. The van der Waals surface area contributed by atoms with E-state index in [1.165, 1.54) is 9.70 Å². The molecular weight excluding hydrogens is 532 g/mol. The molecule has 3 aromatic rings. The number of benzene rings is 2. The largest absolute Gasteiger partial charge is 0.325 e. The Balaban J connectivity index is 1.39. The van der Waals surface area contributed by atoms with Gasteiger partial charge in [0.15, 0.2) is 0 Å². The average Bonchev–Trinajstić information content (AvgIpc) is 3.70. The van der Waals surface area contributed by atoms with Crippen molar-refractivity contribution < 1.29 is 14.4 Å². The summed E-state index contributed by atoms with van der Waals surface area (Å²) in [5.41, 5.74) is 2.38. The molecule has 1 N–H and O–H groups in total. The van der Waals surface area contributed by atoms with Gasteiger partial charge in [0.25, 0.3) is 11.7 Å². The monoisotopic (exact) mass is 566 g/mol. The number of nitrogens with one attached hydrogen (secondary N) is 1. The van der Waals surface area contributed by atoms with Crippen molar-refractivity contribution in [1.29, 1.82) is 5.26 Å². The molecule has 0 saturated carbocycles. The fourth-order valence-corrected chi connectivity index (χ4v) is 6.51. The van der Waals surface area contributed by atoms with Gasteiger partial charge in [0, 0.05) is 25.2 Å². The molecule has 1 aromatic heterocycles. The van der Waals surface area contributed by atoms with E-state index in [-0.39, 0.29) is 36.5 Å². The fraction of sp³-hybridized carbons (Fsp3) is 0.452. The fourth-order valence-electron chi connectivity index (χ4n) is 6.51. The van der Waals surface area contributed by atoms with Crippen molar-refractivity contribution in [2.45, 2.75) is 69.9 Å². The minimum absolute atomic E-state index is 0.0799. The van der Waals surface area contributed by atoms with Crippen LogP contribution in [0.25, 0.3) is 5.69 Å². The highest BCUT2D eigenvalue weighted by Crippen LogP contribution is 2.47. The topological polar surface area (TPSA) is 137 Å². The van der Waals surface area contributed by atoms with Crippen molar-refractivity contribution in [3.8, 4) is 11.8 Å². The Morgan fingerprint density at radius 1 is 1.14 bits per heavy atom. The van der Waals surface area contributed by atoms with Crippen molar-refractivity contribution >= 4 is 23.4 Å². The van der Waals surface area contributed by atoms with Crippen LogP contribution in [0.1, 0.15) is 67.7 Å². The third kappa shape index (κ3) is 4.81. The Hall–Kier alpha value is -4.59. The van der Waals surface area contributed by atoms with E-state index >= 15 is 0 Å². The summed E-state index contributed by atoms with van der Waals surface area (Å²) in [5, 5.41) is 25.7. The van der Waals surface area contributed by atoms with Gasteiger partial charge in [-0.3, -0.25) is 14.4 Å². The number of tetrazole rings is 1. The molecule has 6 rings (SSSR count).